The van der Waals surface area contributed by atoms with Crippen LogP contribution >= 0.6 is 0 Å². The number of nitriles is 1. The summed E-state index contributed by atoms with van der Waals surface area (Å²) in [6.45, 7) is 0.504. The minimum atomic E-state index is -3.01. The molecule has 1 aliphatic carbocycles. The van der Waals surface area contributed by atoms with Crippen LogP contribution in [0.25, 0.3) is 16.9 Å². The molecule has 3 aromatic rings. The van der Waals surface area contributed by atoms with Gasteiger partial charge in [-0.3, -0.25) is 0 Å². The van der Waals surface area contributed by atoms with Gasteiger partial charge in [0.05, 0.1) is 30.3 Å². The Bertz CT molecular complexity index is 1290. The molecule has 0 unspecified atom stereocenters. The van der Waals surface area contributed by atoms with Crippen LogP contribution in [0.1, 0.15) is 30.1 Å². The van der Waals surface area contributed by atoms with Crippen LogP contribution < -0.4 is 15.4 Å². The van der Waals surface area contributed by atoms with E-state index in [-0.39, 0.29) is 12.4 Å². The average molecular weight is 487 g/mol. The number of benzene rings is 1. The highest BCUT2D eigenvalue weighted by Crippen LogP contribution is 2.39. The zero-order chi connectivity index (χ0) is 24.7. The van der Waals surface area contributed by atoms with Crippen molar-refractivity contribution in [1.82, 2.24) is 25.2 Å². The van der Waals surface area contributed by atoms with Gasteiger partial charge in [-0.25, -0.2) is 22.7 Å². The summed E-state index contributed by atoms with van der Waals surface area (Å²) in [5.41, 5.74) is 3.33. The van der Waals surface area contributed by atoms with Crippen LogP contribution in [-0.2, 0) is 9.84 Å². The molecule has 2 aromatic heterocycles. The maximum atomic E-state index is 10.5. The Morgan fingerprint density at radius 2 is 1.94 bits per heavy atom. The van der Waals surface area contributed by atoms with Crippen molar-refractivity contribution in [3.8, 4) is 23.1 Å². The van der Waals surface area contributed by atoms with Crippen molar-refractivity contribution < 1.29 is 23.1 Å². The Hall–Kier alpha value is -3.69. The van der Waals surface area contributed by atoms with Crippen LogP contribution in [0.3, 0.4) is 0 Å². The van der Waals surface area contributed by atoms with E-state index in [4.69, 9.17) is 15.1 Å². The lowest BCUT2D eigenvalue weighted by molar-refractivity contribution is 0.194. The molecule has 12 heteroatoms. The molecule has 1 amide bonds. The SMILES string of the molecule is COc1ccc(-c2ccc(C#N)cc2)n2nc(C3CC3)nc12.CS(=O)(=O)CNCCNC(=O)O. The van der Waals surface area contributed by atoms with Crippen LogP contribution in [0, 0.1) is 11.3 Å². The number of pyridine rings is 1. The first-order valence-corrected chi connectivity index (χ1v) is 12.6. The maximum Gasteiger partial charge on any atom is 0.404 e. The quantitative estimate of drug-likeness (QED) is 0.405. The van der Waals surface area contributed by atoms with Crippen LogP contribution in [0.5, 0.6) is 5.75 Å². The molecule has 3 N–H and O–H groups in total. The lowest BCUT2D eigenvalue weighted by Crippen LogP contribution is -2.32. The van der Waals surface area contributed by atoms with E-state index in [1.807, 2.05) is 40.9 Å². The van der Waals surface area contributed by atoms with Crippen LogP contribution in [-0.4, -0.2) is 66.5 Å². The van der Waals surface area contributed by atoms with Crippen molar-refractivity contribution in [3.63, 3.8) is 0 Å². The van der Waals surface area contributed by atoms with Crippen molar-refractivity contribution >= 4 is 21.6 Å². The number of fused-ring (bicyclic) bond motifs is 1. The number of hydrogen-bond donors (Lipinski definition) is 3. The van der Waals surface area contributed by atoms with E-state index in [1.165, 1.54) is 0 Å². The fourth-order valence-corrected chi connectivity index (χ4v) is 3.59. The highest BCUT2D eigenvalue weighted by atomic mass is 32.2. The van der Waals surface area contributed by atoms with Crippen molar-refractivity contribution in [2.24, 2.45) is 0 Å². The third kappa shape index (κ3) is 6.90. The second-order valence-electron chi connectivity index (χ2n) is 7.76. The van der Waals surface area contributed by atoms with Gasteiger partial charge >= 0.3 is 6.09 Å². The van der Waals surface area contributed by atoms with E-state index in [0.717, 1.165) is 47.6 Å². The van der Waals surface area contributed by atoms with Gasteiger partial charge in [0.1, 0.15) is 0 Å². The molecular weight excluding hydrogens is 460 g/mol. The summed E-state index contributed by atoms with van der Waals surface area (Å²) in [5.74, 6) is 1.96. The Labute approximate surface area is 197 Å². The van der Waals surface area contributed by atoms with Gasteiger partial charge in [-0.2, -0.15) is 10.4 Å². The van der Waals surface area contributed by atoms with Gasteiger partial charge in [0, 0.05) is 30.8 Å². The number of rotatable bonds is 8. The third-order valence-corrected chi connectivity index (χ3v) is 5.61. The van der Waals surface area contributed by atoms with E-state index >= 15 is 0 Å². The maximum absolute atomic E-state index is 10.5. The molecule has 0 saturated heterocycles. The second-order valence-corrected chi connectivity index (χ2v) is 9.90. The molecule has 0 radical (unpaired) electrons. The van der Waals surface area contributed by atoms with Gasteiger partial charge in [0.25, 0.3) is 0 Å². The molecule has 0 spiro atoms. The molecule has 1 fully saturated rings. The molecule has 0 aliphatic heterocycles. The predicted molar refractivity (Wildman–Crippen MR) is 125 cm³/mol. The number of hydrogen-bond acceptors (Lipinski definition) is 8. The Morgan fingerprint density at radius 1 is 1.24 bits per heavy atom. The first kappa shape index (κ1) is 24.9. The molecular formula is C22H26N6O5S. The van der Waals surface area contributed by atoms with Gasteiger partial charge in [-0.1, -0.05) is 12.1 Å². The minimum Gasteiger partial charge on any atom is -0.493 e. The monoisotopic (exact) mass is 486 g/mol. The molecule has 34 heavy (non-hydrogen) atoms. The lowest BCUT2D eigenvalue weighted by atomic mass is 10.1. The van der Waals surface area contributed by atoms with Crippen LogP contribution in [0.4, 0.5) is 4.79 Å². The highest BCUT2D eigenvalue weighted by molar-refractivity contribution is 7.90. The second kappa shape index (κ2) is 11.0. The van der Waals surface area contributed by atoms with Crippen molar-refractivity contribution in [3.05, 3.63) is 47.8 Å². The number of carbonyl (C=O) groups is 1. The summed E-state index contributed by atoms with van der Waals surface area (Å²) in [6.07, 6.45) is 2.30. The summed E-state index contributed by atoms with van der Waals surface area (Å²) in [7, 11) is -1.37. The zero-order valence-electron chi connectivity index (χ0n) is 18.9. The van der Waals surface area contributed by atoms with E-state index in [2.05, 4.69) is 26.8 Å². The first-order valence-electron chi connectivity index (χ1n) is 10.5. The highest BCUT2D eigenvalue weighted by Gasteiger charge is 2.29. The minimum absolute atomic E-state index is 0.131. The molecule has 180 valence electrons. The summed E-state index contributed by atoms with van der Waals surface area (Å²) in [4.78, 5) is 14.5. The van der Waals surface area contributed by atoms with Gasteiger partial charge in [-0.15, -0.1) is 0 Å². The fraction of sp³-hybridized carbons (Fsp3) is 0.364. The van der Waals surface area contributed by atoms with E-state index in [0.29, 0.717) is 18.0 Å². The Balaban J connectivity index is 0.000000232. The van der Waals surface area contributed by atoms with E-state index in [1.54, 1.807) is 7.11 Å². The van der Waals surface area contributed by atoms with Crippen molar-refractivity contribution in [1.29, 1.82) is 5.26 Å². The zero-order valence-corrected chi connectivity index (χ0v) is 19.7. The van der Waals surface area contributed by atoms with Gasteiger partial charge in [-0.05, 0) is 37.1 Å². The number of carboxylic acid groups (broad SMARTS) is 1. The molecule has 1 aromatic carbocycles. The normalized spacial score (nSPS) is 13.0. The van der Waals surface area contributed by atoms with E-state index in [9.17, 15) is 13.2 Å². The first-order chi connectivity index (χ1) is 16.2. The summed E-state index contributed by atoms with van der Waals surface area (Å²) in [6, 6.07) is 13.5. The molecule has 2 heterocycles. The molecule has 1 saturated carbocycles. The number of aromatic nitrogens is 3. The summed E-state index contributed by atoms with van der Waals surface area (Å²) >= 11 is 0. The molecule has 11 nitrogen and oxygen atoms in total. The van der Waals surface area contributed by atoms with Gasteiger partial charge < -0.3 is 20.5 Å². The molecule has 4 rings (SSSR count). The molecule has 0 bridgehead atoms. The van der Waals surface area contributed by atoms with Gasteiger partial charge in [0.15, 0.2) is 27.1 Å². The fourth-order valence-electron chi connectivity index (χ4n) is 3.08. The van der Waals surface area contributed by atoms with Crippen molar-refractivity contribution in [2.45, 2.75) is 18.8 Å². The number of sulfone groups is 1. The molecule has 1 aliphatic rings. The largest absolute Gasteiger partial charge is 0.493 e. The number of amides is 1. The van der Waals surface area contributed by atoms with Crippen LogP contribution in [0.2, 0.25) is 0 Å². The van der Waals surface area contributed by atoms with Crippen molar-refractivity contribution in [2.75, 3.05) is 32.3 Å². The van der Waals surface area contributed by atoms with Crippen LogP contribution in [0.15, 0.2) is 36.4 Å². The Morgan fingerprint density at radius 3 is 2.50 bits per heavy atom. The summed E-state index contributed by atoms with van der Waals surface area (Å²) < 4.78 is 28.3. The number of methoxy groups -OCH3 is 1. The topological polar surface area (TPSA) is 159 Å². The lowest BCUT2D eigenvalue weighted by Gasteiger charge is -2.07. The number of nitrogens with zero attached hydrogens (tertiary/aromatic N) is 4. The predicted octanol–water partition coefficient (Wildman–Crippen LogP) is 2.00. The standard InChI is InChI=1S/C17H14N4O.C5H12N2O4S/c1-22-15-9-8-14(12-4-2-11(10-18)3-5-12)21-17(15)19-16(20-21)13-6-7-13;1-12(10,11)4-6-2-3-7-5(8)9/h2-5,8-9,13H,6-7H2,1H3;6-7H,2-4H2,1H3,(H,8,9). The molecule has 0 atom stereocenters. The smallest absolute Gasteiger partial charge is 0.404 e. The van der Waals surface area contributed by atoms with E-state index < -0.39 is 15.9 Å². The Kier molecular flexibility index (Phi) is 8.04. The van der Waals surface area contributed by atoms with Gasteiger partial charge in [0.2, 0.25) is 0 Å². The summed E-state index contributed by atoms with van der Waals surface area (Å²) in [5, 5.41) is 26.4. The third-order valence-electron chi connectivity index (χ3n) is 4.88. The number of ether oxygens (including phenoxy) is 1. The average Bonchev–Trinajstić information content (AvgIpc) is 3.56. The number of nitrogens with one attached hydrogen (secondary N) is 2.